The molecule has 0 spiro atoms. The summed E-state index contributed by atoms with van der Waals surface area (Å²) in [7, 11) is -0.751. The fraction of sp³-hybridized carbons (Fsp3) is 0.381. The normalized spacial score (nSPS) is 21.6. The summed E-state index contributed by atoms with van der Waals surface area (Å²) >= 11 is 0. The smallest absolute Gasteiger partial charge is 0.228 e. The van der Waals surface area contributed by atoms with Crippen LogP contribution < -0.4 is 10.1 Å². The van der Waals surface area contributed by atoms with Gasteiger partial charge in [-0.2, -0.15) is 9.97 Å². The minimum Gasteiger partial charge on any atom is -0.480 e. The number of hydrogen-bond acceptors (Lipinski definition) is 6. The number of methoxy groups -OCH3 is 2. The fourth-order valence-corrected chi connectivity index (χ4v) is 4.03. The molecule has 8 nitrogen and oxygen atoms in total. The van der Waals surface area contributed by atoms with Crippen molar-refractivity contribution in [1.29, 1.82) is 0 Å². The van der Waals surface area contributed by atoms with Gasteiger partial charge in [0.15, 0.2) is 0 Å². The fourth-order valence-electron chi connectivity index (χ4n) is 4.03. The molecule has 8 heteroatoms. The molecular weight excluding hydrogens is 368 g/mol. The zero-order chi connectivity index (χ0) is 22.3. The highest BCUT2D eigenvalue weighted by Crippen LogP contribution is 2.34. The number of H-pyrrole nitrogens is 1. The third-order valence-corrected chi connectivity index (χ3v) is 5.57. The summed E-state index contributed by atoms with van der Waals surface area (Å²) in [6, 6.07) is 4.12. The van der Waals surface area contributed by atoms with E-state index >= 15 is 0 Å². The van der Waals surface area contributed by atoms with Gasteiger partial charge in [-0.15, -0.1) is 0 Å². The van der Waals surface area contributed by atoms with E-state index < -0.39 is 7.04 Å². The van der Waals surface area contributed by atoms with Gasteiger partial charge in [0.1, 0.15) is 11.3 Å². The first-order chi connectivity index (χ1) is 15.4. The maximum absolute atomic E-state index is 7.27. The Hall–Kier alpha value is -3.13. The molecule has 0 aliphatic heterocycles. The van der Waals surface area contributed by atoms with Gasteiger partial charge in [0.2, 0.25) is 11.8 Å². The summed E-state index contributed by atoms with van der Waals surface area (Å²) in [5, 5.41) is 4.18. The van der Waals surface area contributed by atoms with Crippen LogP contribution in [0, 0.1) is 0 Å². The second kappa shape index (κ2) is 7.36. The topological polar surface area (TPSA) is 89.4 Å². The van der Waals surface area contributed by atoms with Gasteiger partial charge in [0.05, 0.1) is 22.7 Å². The summed E-state index contributed by atoms with van der Waals surface area (Å²) in [6.07, 6.45) is 10.3. The first-order valence-corrected chi connectivity index (χ1v) is 9.70. The molecule has 0 aromatic carbocycles. The highest BCUT2D eigenvalue weighted by molar-refractivity contribution is 5.97. The Bertz CT molecular complexity index is 1240. The van der Waals surface area contributed by atoms with Crippen LogP contribution in [-0.2, 0) is 4.74 Å². The monoisotopic (exact) mass is 395 g/mol. The molecule has 4 heterocycles. The molecule has 2 N–H and O–H groups in total. The van der Waals surface area contributed by atoms with Crippen LogP contribution in [0.2, 0.25) is 0 Å². The molecule has 5 rings (SSSR count). The number of hydrogen-bond donors (Lipinski definition) is 2. The van der Waals surface area contributed by atoms with Gasteiger partial charge in [0.25, 0.3) is 0 Å². The van der Waals surface area contributed by atoms with Crippen LogP contribution in [0.4, 0.5) is 5.95 Å². The minimum atomic E-state index is -2.35. The van der Waals surface area contributed by atoms with E-state index in [1.165, 1.54) is 0 Å². The van der Waals surface area contributed by atoms with E-state index in [0.29, 0.717) is 30.3 Å². The van der Waals surface area contributed by atoms with Crippen molar-refractivity contribution < 1.29 is 13.6 Å². The van der Waals surface area contributed by atoms with Crippen molar-refractivity contribution >= 4 is 22.6 Å². The Morgan fingerprint density at radius 2 is 2.14 bits per heavy atom. The Kier molecular flexibility index (Phi) is 3.76. The van der Waals surface area contributed by atoms with Crippen molar-refractivity contribution in [3.63, 3.8) is 0 Å². The van der Waals surface area contributed by atoms with Gasteiger partial charge >= 0.3 is 0 Å². The number of fused-ring (bicyclic) bond motifs is 2. The summed E-state index contributed by atoms with van der Waals surface area (Å²) in [6.45, 7) is 0. The molecule has 4 aromatic heterocycles. The number of aromatic amines is 1. The van der Waals surface area contributed by atoms with Crippen LogP contribution in [0.15, 0.2) is 36.9 Å². The maximum atomic E-state index is 7.27. The maximum Gasteiger partial charge on any atom is 0.228 e. The summed E-state index contributed by atoms with van der Waals surface area (Å²) < 4.78 is 34.5. The van der Waals surface area contributed by atoms with Crippen LogP contribution in [0.5, 0.6) is 5.88 Å². The van der Waals surface area contributed by atoms with Crippen LogP contribution in [0.3, 0.4) is 0 Å². The largest absolute Gasteiger partial charge is 0.480 e. The van der Waals surface area contributed by atoms with Crippen molar-refractivity contribution in [3.8, 4) is 17.0 Å². The van der Waals surface area contributed by atoms with Crippen LogP contribution in [0.25, 0.3) is 27.8 Å². The average molecular weight is 395 g/mol. The zero-order valence-electron chi connectivity index (χ0n) is 19.1. The minimum absolute atomic E-state index is 0.145. The lowest BCUT2D eigenvalue weighted by Gasteiger charge is -2.28. The number of nitrogens with zero attached hydrogens (tertiary/aromatic N) is 4. The predicted molar refractivity (Wildman–Crippen MR) is 111 cm³/mol. The van der Waals surface area contributed by atoms with Crippen LogP contribution >= 0.6 is 0 Å². The molecule has 1 saturated carbocycles. The summed E-state index contributed by atoms with van der Waals surface area (Å²) in [4.78, 5) is 16.8. The quantitative estimate of drug-likeness (QED) is 0.536. The molecule has 0 radical (unpaired) electrons. The SMILES string of the molecule is [2H]C([2H])([2H])OC1CCC(Nc2nc(OC)c3c(-c4ccc5nccn5c4)c[nH]c3n2)CC1. The van der Waals surface area contributed by atoms with E-state index in [0.717, 1.165) is 35.0 Å². The number of imidazole rings is 1. The number of pyridine rings is 1. The summed E-state index contributed by atoms with van der Waals surface area (Å²) in [5.41, 5.74) is 3.50. The van der Waals surface area contributed by atoms with Crippen molar-refractivity contribution in [2.24, 2.45) is 0 Å². The average Bonchev–Trinajstić information content (AvgIpc) is 3.40. The predicted octanol–water partition coefficient (Wildman–Crippen LogP) is 3.65. The van der Waals surface area contributed by atoms with Gasteiger partial charge in [-0.1, -0.05) is 0 Å². The molecule has 0 atom stereocenters. The number of ether oxygens (including phenoxy) is 2. The second-order valence-corrected chi connectivity index (χ2v) is 7.33. The lowest BCUT2D eigenvalue weighted by Crippen LogP contribution is -2.29. The Morgan fingerprint density at radius 1 is 1.24 bits per heavy atom. The highest BCUT2D eigenvalue weighted by Gasteiger charge is 2.22. The summed E-state index contributed by atoms with van der Waals surface area (Å²) in [5.74, 6) is 0.965. The molecule has 4 aromatic rings. The van der Waals surface area contributed by atoms with Crippen LogP contribution in [0.1, 0.15) is 29.8 Å². The van der Waals surface area contributed by atoms with E-state index in [-0.39, 0.29) is 12.1 Å². The number of aromatic nitrogens is 5. The molecule has 0 unspecified atom stereocenters. The van der Waals surface area contributed by atoms with Gasteiger partial charge in [0, 0.05) is 49.0 Å². The van der Waals surface area contributed by atoms with E-state index in [1.54, 1.807) is 13.3 Å². The molecule has 150 valence electrons. The van der Waals surface area contributed by atoms with Gasteiger partial charge in [-0.25, -0.2) is 4.98 Å². The van der Waals surface area contributed by atoms with Gasteiger partial charge in [-0.3, -0.25) is 0 Å². The Balaban J connectivity index is 1.37. The number of rotatable bonds is 5. The lowest BCUT2D eigenvalue weighted by molar-refractivity contribution is 0.0681. The molecule has 0 amide bonds. The van der Waals surface area contributed by atoms with E-state index in [9.17, 15) is 0 Å². The standard InChI is InChI=1S/C21H24N6O2/c1-28-15-6-4-14(5-7-15)24-21-25-19-18(20(26-21)29-2)16(11-23-19)13-3-8-17-22-9-10-27(17)12-13/h3,8-12,14-15H,4-7H2,1-2H3,(H2,23,24,25,26)/i1D3. The number of nitrogens with one attached hydrogen (secondary N) is 2. The van der Waals surface area contributed by atoms with Gasteiger partial charge in [-0.05, 0) is 37.8 Å². The lowest BCUT2D eigenvalue weighted by atomic mass is 9.93. The van der Waals surface area contributed by atoms with E-state index in [1.807, 2.05) is 35.1 Å². The molecule has 1 aliphatic rings. The Morgan fingerprint density at radius 3 is 2.97 bits per heavy atom. The van der Waals surface area contributed by atoms with E-state index in [2.05, 4.69) is 25.3 Å². The van der Waals surface area contributed by atoms with E-state index in [4.69, 9.17) is 13.6 Å². The Labute approximate surface area is 172 Å². The molecule has 29 heavy (non-hydrogen) atoms. The van der Waals surface area contributed by atoms with Gasteiger partial charge < -0.3 is 24.2 Å². The first kappa shape index (κ1) is 14.8. The first-order valence-electron chi connectivity index (χ1n) is 11.2. The third-order valence-electron chi connectivity index (χ3n) is 5.57. The second-order valence-electron chi connectivity index (χ2n) is 7.33. The van der Waals surface area contributed by atoms with Crippen molar-refractivity contribution in [2.75, 3.05) is 19.5 Å². The zero-order valence-corrected chi connectivity index (χ0v) is 16.1. The molecule has 0 bridgehead atoms. The number of anilines is 1. The highest BCUT2D eigenvalue weighted by atomic mass is 16.5. The molecule has 0 saturated heterocycles. The van der Waals surface area contributed by atoms with Crippen LogP contribution in [-0.4, -0.2) is 50.6 Å². The van der Waals surface area contributed by atoms with Crippen molar-refractivity contribution in [3.05, 3.63) is 36.9 Å². The molecule has 1 fully saturated rings. The van der Waals surface area contributed by atoms with Crippen molar-refractivity contribution in [2.45, 2.75) is 37.8 Å². The third kappa shape index (κ3) is 3.29. The molecular formula is C21H24N6O2. The van der Waals surface area contributed by atoms with Crippen molar-refractivity contribution in [1.82, 2.24) is 24.3 Å². The molecule has 1 aliphatic carbocycles.